The van der Waals surface area contributed by atoms with Crippen LogP contribution >= 0.6 is 11.6 Å². The number of halogens is 1. The van der Waals surface area contributed by atoms with Crippen molar-refractivity contribution >= 4 is 23.3 Å². The number of hydrogen-bond acceptors (Lipinski definition) is 4. The van der Waals surface area contributed by atoms with Gasteiger partial charge in [0.05, 0.1) is 12.2 Å². The van der Waals surface area contributed by atoms with E-state index in [1.807, 2.05) is 41.3 Å². The van der Waals surface area contributed by atoms with Gasteiger partial charge in [0, 0.05) is 37.4 Å². The molecule has 2 aliphatic rings. The molecule has 0 radical (unpaired) electrons. The van der Waals surface area contributed by atoms with E-state index in [4.69, 9.17) is 16.3 Å². The summed E-state index contributed by atoms with van der Waals surface area (Å²) >= 11 is 5.99. The zero-order chi connectivity index (χ0) is 17.9. The lowest BCUT2D eigenvalue weighted by Crippen LogP contribution is -2.40. The van der Waals surface area contributed by atoms with Crippen molar-refractivity contribution in [1.29, 1.82) is 0 Å². The normalized spacial score (nSPS) is 20.4. The monoisotopic (exact) mass is 371 g/mol. The predicted molar refractivity (Wildman–Crippen MR) is 102 cm³/mol. The first-order valence-electron chi connectivity index (χ1n) is 9.09. The molecule has 4 rings (SSSR count). The highest BCUT2D eigenvalue weighted by atomic mass is 35.5. The van der Waals surface area contributed by atoms with E-state index in [0.29, 0.717) is 23.7 Å². The number of ether oxygens (including phenoxy) is 1. The minimum atomic E-state index is -0.0576. The number of amides is 1. The molecule has 0 aliphatic carbocycles. The van der Waals surface area contributed by atoms with Gasteiger partial charge in [-0.3, -0.25) is 4.79 Å². The molecular formula is C20H22ClN3O2. The number of aromatic nitrogens is 1. The highest BCUT2D eigenvalue weighted by Gasteiger charge is 2.28. The fourth-order valence-corrected chi connectivity index (χ4v) is 3.75. The Balaban J connectivity index is 1.57. The Bertz CT molecular complexity index is 775. The molecule has 1 aromatic heterocycles. The smallest absolute Gasteiger partial charge is 0.257 e. The van der Waals surface area contributed by atoms with E-state index in [1.54, 1.807) is 6.20 Å². The van der Waals surface area contributed by atoms with Crippen LogP contribution in [0.2, 0.25) is 5.02 Å². The van der Waals surface area contributed by atoms with Crippen molar-refractivity contribution in [3.63, 3.8) is 0 Å². The zero-order valence-corrected chi connectivity index (χ0v) is 15.4. The Morgan fingerprint density at radius 3 is 2.65 bits per heavy atom. The lowest BCUT2D eigenvalue weighted by atomic mass is 10.1. The standard InChI is InChI=1S/C20H22ClN3O2/c21-16-7-5-15(6-8-16)18-14-24(12-13-26-18)19-17(4-3-9-22-19)20(25)23-10-1-2-11-23/h3-9,18H,1-2,10-14H2/t18-/m1/s1. The Hall–Kier alpha value is -2.11. The van der Waals surface area contributed by atoms with Crippen LogP contribution in [0.4, 0.5) is 5.82 Å². The van der Waals surface area contributed by atoms with Crippen LogP contribution in [0.25, 0.3) is 0 Å². The summed E-state index contributed by atoms with van der Waals surface area (Å²) < 4.78 is 5.95. The van der Waals surface area contributed by atoms with Gasteiger partial charge in [-0.2, -0.15) is 0 Å². The summed E-state index contributed by atoms with van der Waals surface area (Å²) in [6.45, 7) is 3.66. The van der Waals surface area contributed by atoms with Gasteiger partial charge in [-0.25, -0.2) is 4.98 Å². The highest BCUT2D eigenvalue weighted by molar-refractivity contribution is 6.30. The third kappa shape index (κ3) is 3.55. The predicted octanol–water partition coefficient (Wildman–Crippen LogP) is 3.55. The molecule has 1 amide bonds. The van der Waals surface area contributed by atoms with Crippen molar-refractivity contribution in [2.75, 3.05) is 37.7 Å². The maximum absolute atomic E-state index is 12.9. The number of morpholine rings is 1. The van der Waals surface area contributed by atoms with Crippen molar-refractivity contribution in [2.45, 2.75) is 18.9 Å². The van der Waals surface area contributed by atoms with Crippen LogP contribution in [-0.2, 0) is 4.74 Å². The van der Waals surface area contributed by atoms with Crippen molar-refractivity contribution in [2.24, 2.45) is 0 Å². The van der Waals surface area contributed by atoms with Crippen molar-refractivity contribution in [3.05, 3.63) is 58.7 Å². The molecule has 1 aromatic carbocycles. The minimum absolute atomic E-state index is 0.0576. The SMILES string of the molecule is O=C(c1cccnc1N1CCO[C@@H](c2ccc(Cl)cc2)C1)N1CCCC1. The van der Waals surface area contributed by atoms with Crippen molar-refractivity contribution in [3.8, 4) is 0 Å². The van der Waals surface area contributed by atoms with Crippen LogP contribution in [0.15, 0.2) is 42.6 Å². The van der Waals surface area contributed by atoms with Crippen molar-refractivity contribution < 1.29 is 9.53 Å². The fourth-order valence-electron chi connectivity index (χ4n) is 3.63. The summed E-state index contributed by atoms with van der Waals surface area (Å²) in [5.41, 5.74) is 1.77. The molecule has 26 heavy (non-hydrogen) atoms. The van der Waals surface area contributed by atoms with Crippen LogP contribution in [0.3, 0.4) is 0 Å². The van der Waals surface area contributed by atoms with Crippen LogP contribution in [-0.4, -0.2) is 48.6 Å². The number of nitrogens with zero attached hydrogens (tertiary/aromatic N) is 3. The Morgan fingerprint density at radius 2 is 1.88 bits per heavy atom. The van der Waals surface area contributed by atoms with E-state index in [2.05, 4.69) is 9.88 Å². The highest BCUT2D eigenvalue weighted by Crippen LogP contribution is 2.28. The number of hydrogen-bond donors (Lipinski definition) is 0. The first-order valence-corrected chi connectivity index (χ1v) is 9.46. The summed E-state index contributed by atoms with van der Waals surface area (Å²) in [6.07, 6.45) is 3.86. The largest absolute Gasteiger partial charge is 0.370 e. The number of carbonyl (C=O) groups is 1. The molecule has 5 nitrogen and oxygen atoms in total. The minimum Gasteiger partial charge on any atom is -0.370 e. The van der Waals surface area contributed by atoms with Gasteiger partial charge in [-0.15, -0.1) is 0 Å². The molecule has 2 aliphatic heterocycles. The lowest BCUT2D eigenvalue weighted by Gasteiger charge is -2.35. The van der Waals surface area contributed by atoms with E-state index < -0.39 is 0 Å². The molecule has 6 heteroatoms. The molecule has 0 N–H and O–H groups in total. The summed E-state index contributed by atoms with van der Waals surface area (Å²) in [7, 11) is 0. The number of rotatable bonds is 3. The number of benzene rings is 1. The average molecular weight is 372 g/mol. The van der Waals surface area contributed by atoms with Gasteiger partial charge in [-0.05, 0) is 42.7 Å². The summed E-state index contributed by atoms with van der Waals surface area (Å²) in [4.78, 5) is 21.5. The molecule has 0 bridgehead atoms. The van der Waals surface area contributed by atoms with E-state index in [9.17, 15) is 4.79 Å². The molecule has 3 heterocycles. The van der Waals surface area contributed by atoms with Gasteiger partial charge < -0.3 is 14.5 Å². The Morgan fingerprint density at radius 1 is 1.12 bits per heavy atom. The molecule has 1 atom stereocenters. The van der Waals surface area contributed by atoms with Crippen molar-refractivity contribution in [1.82, 2.24) is 9.88 Å². The summed E-state index contributed by atoms with van der Waals surface area (Å²) in [5.74, 6) is 0.840. The second-order valence-electron chi connectivity index (χ2n) is 6.73. The number of likely N-dealkylation sites (tertiary alicyclic amines) is 1. The van der Waals surface area contributed by atoms with Gasteiger partial charge in [0.25, 0.3) is 5.91 Å². The topological polar surface area (TPSA) is 45.7 Å². The molecule has 2 aromatic rings. The van der Waals surface area contributed by atoms with E-state index in [1.165, 1.54) is 0 Å². The van der Waals surface area contributed by atoms with Crippen LogP contribution in [0.5, 0.6) is 0 Å². The fraction of sp³-hybridized carbons (Fsp3) is 0.400. The third-order valence-corrected chi connectivity index (χ3v) is 5.27. The molecule has 0 unspecified atom stereocenters. The van der Waals surface area contributed by atoms with E-state index in [-0.39, 0.29) is 12.0 Å². The molecule has 0 saturated carbocycles. The number of carbonyl (C=O) groups excluding carboxylic acids is 1. The van der Waals surface area contributed by atoms with Gasteiger partial charge in [0.15, 0.2) is 0 Å². The van der Waals surface area contributed by atoms with Crippen LogP contribution in [0.1, 0.15) is 34.9 Å². The third-order valence-electron chi connectivity index (χ3n) is 5.02. The lowest BCUT2D eigenvalue weighted by molar-refractivity contribution is 0.0393. The van der Waals surface area contributed by atoms with Crippen LogP contribution in [0, 0.1) is 0 Å². The first kappa shape index (κ1) is 17.3. The quantitative estimate of drug-likeness (QED) is 0.827. The molecule has 0 spiro atoms. The molecular weight excluding hydrogens is 350 g/mol. The van der Waals surface area contributed by atoms with Gasteiger partial charge in [0.2, 0.25) is 0 Å². The van der Waals surface area contributed by atoms with Gasteiger partial charge in [-0.1, -0.05) is 23.7 Å². The number of pyridine rings is 1. The second-order valence-corrected chi connectivity index (χ2v) is 7.17. The number of anilines is 1. The molecule has 2 fully saturated rings. The van der Waals surface area contributed by atoms with Crippen LogP contribution < -0.4 is 4.90 Å². The maximum atomic E-state index is 12.9. The van der Waals surface area contributed by atoms with Gasteiger partial charge >= 0.3 is 0 Å². The molecule has 2 saturated heterocycles. The van der Waals surface area contributed by atoms with E-state index >= 15 is 0 Å². The Kier molecular flexibility index (Phi) is 5.09. The zero-order valence-electron chi connectivity index (χ0n) is 14.6. The molecule has 136 valence electrons. The Labute approximate surface area is 158 Å². The second kappa shape index (κ2) is 7.64. The van der Waals surface area contributed by atoms with Gasteiger partial charge in [0.1, 0.15) is 11.9 Å². The first-order chi connectivity index (χ1) is 12.7. The summed E-state index contributed by atoms with van der Waals surface area (Å²) in [5, 5.41) is 0.713. The maximum Gasteiger partial charge on any atom is 0.257 e. The average Bonchev–Trinajstić information content (AvgIpc) is 3.23. The van der Waals surface area contributed by atoms with E-state index in [0.717, 1.165) is 43.9 Å². The summed E-state index contributed by atoms with van der Waals surface area (Å²) in [6, 6.07) is 11.5.